The Kier molecular flexibility index (Phi) is 3.36. The maximum Gasteiger partial charge on any atom is 0.307 e. The van der Waals surface area contributed by atoms with Crippen molar-refractivity contribution in [3.8, 4) is 0 Å². The van der Waals surface area contributed by atoms with Crippen LogP contribution in [-0.4, -0.2) is 10.4 Å². The molecule has 0 unspecified atom stereocenters. The highest BCUT2D eigenvalue weighted by Gasteiger charge is 2.08. The number of hydrogen-bond donors (Lipinski definition) is 0. The molecule has 1 aromatic carbocycles. The monoisotopic (exact) mass is 297 g/mol. The molecule has 0 fully saturated rings. The van der Waals surface area contributed by atoms with Crippen molar-refractivity contribution in [1.29, 1.82) is 0 Å². The van der Waals surface area contributed by atoms with Crippen LogP contribution in [0.3, 0.4) is 0 Å². The Morgan fingerprint density at radius 3 is 2.88 bits per heavy atom. The number of rotatable bonds is 3. The van der Waals surface area contributed by atoms with Crippen LogP contribution in [0, 0.1) is 0 Å². The minimum absolute atomic E-state index is 0.0678. The van der Waals surface area contributed by atoms with Gasteiger partial charge in [0, 0.05) is 21.6 Å². The molecule has 2 rings (SSSR count). The second-order valence-electron chi connectivity index (χ2n) is 3.23. The molecule has 0 spiro atoms. The van der Waals surface area contributed by atoms with Crippen molar-refractivity contribution in [2.75, 3.05) is 0 Å². The lowest BCUT2D eigenvalue weighted by Gasteiger charge is -2.01. The molecule has 0 amide bonds. The molecule has 1 heterocycles. The fourth-order valence-electron chi connectivity index (χ4n) is 1.32. The third kappa shape index (κ3) is 2.48. The quantitative estimate of drug-likeness (QED) is 0.817. The lowest BCUT2D eigenvalue weighted by Crippen LogP contribution is -2.18. The summed E-state index contributed by atoms with van der Waals surface area (Å²) in [5.74, 6) is -0.0678. The molecular formula is C11H8BrNO2S. The lowest BCUT2D eigenvalue weighted by molar-refractivity contribution is 0.0971. The van der Waals surface area contributed by atoms with Crippen molar-refractivity contribution in [3.05, 3.63) is 55.5 Å². The number of halogens is 1. The van der Waals surface area contributed by atoms with Crippen LogP contribution in [-0.2, 0) is 6.54 Å². The Balaban J connectivity index is 2.21. The molecule has 0 bridgehead atoms. The first-order chi connectivity index (χ1) is 7.66. The number of benzene rings is 1. The summed E-state index contributed by atoms with van der Waals surface area (Å²) in [5.41, 5.74) is 0.604. The smallest absolute Gasteiger partial charge is 0.298 e. The topological polar surface area (TPSA) is 39.1 Å². The van der Waals surface area contributed by atoms with E-state index in [9.17, 15) is 9.59 Å². The fourth-order valence-corrected chi connectivity index (χ4v) is 2.30. The third-order valence-electron chi connectivity index (χ3n) is 2.10. The molecule has 0 saturated carbocycles. The number of hydrogen-bond acceptors (Lipinski definition) is 3. The van der Waals surface area contributed by atoms with Crippen molar-refractivity contribution in [3.63, 3.8) is 0 Å². The highest BCUT2D eigenvalue weighted by molar-refractivity contribution is 9.10. The van der Waals surface area contributed by atoms with Crippen LogP contribution in [0.5, 0.6) is 0 Å². The van der Waals surface area contributed by atoms with E-state index in [-0.39, 0.29) is 17.2 Å². The Morgan fingerprint density at radius 2 is 2.25 bits per heavy atom. The van der Waals surface area contributed by atoms with E-state index in [4.69, 9.17) is 0 Å². The maximum absolute atomic E-state index is 11.8. The van der Waals surface area contributed by atoms with Crippen LogP contribution in [0.4, 0.5) is 0 Å². The minimum Gasteiger partial charge on any atom is -0.298 e. The van der Waals surface area contributed by atoms with Gasteiger partial charge in [-0.15, -0.1) is 0 Å². The van der Waals surface area contributed by atoms with Crippen molar-refractivity contribution >= 4 is 33.0 Å². The Hall–Kier alpha value is -1.20. The Morgan fingerprint density at radius 1 is 1.44 bits per heavy atom. The van der Waals surface area contributed by atoms with Crippen LogP contribution in [0.2, 0.25) is 0 Å². The van der Waals surface area contributed by atoms with Gasteiger partial charge in [-0.1, -0.05) is 39.4 Å². The SMILES string of the molecule is O=C(Cn1ccsc1=O)c1cccc(Br)c1. The number of Topliss-reactive ketones (excluding diaryl/α,β-unsaturated/α-hetero) is 1. The molecule has 0 aliphatic rings. The first-order valence-electron chi connectivity index (χ1n) is 4.59. The van der Waals surface area contributed by atoms with Crippen LogP contribution >= 0.6 is 27.3 Å². The van der Waals surface area contributed by atoms with Gasteiger partial charge >= 0.3 is 4.87 Å². The van der Waals surface area contributed by atoms with E-state index in [2.05, 4.69) is 15.9 Å². The van der Waals surface area contributed by atoms with Crippen LogP contribution in [0.1, 0.15) is 10.4 Å². The third-order valence-corrected chi connectivity index (χ3v) is 3.29. The maximum atomic E-state index is 11.8. The van der Waals surface area contributed by atoms with Gasteiger partial charge in [-0.3, -0.25) is 14.2 Å². The van der Waals surface area contributed by atoms with E-state index >= 15 is 0 Å². The molecule has 5 heteroatoms. The molecular weight excluding hydrogens is 290 g/mol. The van der Waals surface area contributed by atoms with Gasteiger partial charge in [-0.25, -0.2) is 0 Å². The van der Waals surface area contributed by atoms with Gasteiger partial charge < -0.3 is 0 Å². The first-order valence-corrected chi connectivity index (χ1v) is 6.27. The van der Waals surface area contributed by atoms with Gasteiger partial charge in [0.2, 0.25) is 0 Å². The van der Waals surface area contributed by atoms with Gasteiger partial charge in [0.1, 0.15) is 0 Å². The minimum atomic E-state index is -0.108. The van der Waals surface area contributed by atoms with Gasteiger partial charge in [0.05, 0.1) is 6.54 Å². The predicted molar refractivity (Wildman–Crippen MR) is 67.1 cm³/mol. The molecule has 0 saturated heterocycles. The second-order valence-corrected chi connectivity index (χ2v) is 5.00. The Labute approximate surface area is 104 Å². The van der Waals surface area contributed by atoms with Crippen molar-refractivity contribution in [1.82, 2.24) is 4.57 Å². The molecule has 0 aliphatic carbocycles. The van der Waals surface area contributed by atoms with E-state index in [0.29, 0.717) is 5.56 Å². The zero-order valence-corrected chi connectivity index (χ0v) is 10.6. The molecule has 0 radical (unpaired) electrons. The average Bonchev–Trinajstić information content (AvgIpc) is 2.64. The largest absolute Gasteiger partial charge is 0.307 e. The molecule has 1 aromatic heterocycles. The molecule has 0 N–H and O–H groups in total. The lowest BCUT2D eigenvalue weighted by atomic mass is 10.1. The molecule has 0 aliphatic heterocycles. The molecule has 2 aromatic rings. The van der Waals surface area contributed by atoms with Gasteiger partial charge in [-0.05, 0) is 12.1 Å². The Bertz CT molecular complexity index is 573. The second kappa shape index (κ2) is 4.76. The van der Waals surface area contributed by atoms with Crippen molar-refractivity contribution in [2.45, 2.75) is 6.54 Å². The summed E-state index contributed by atoms with van der Waals surface area (Å²) < 4.78 is 2.27. The van der Waals surface area contributed by atoms with E-state index in [1.54, 1.807) is 29.8 Å². The van der Waals surface area contributed by atoms with E-state index < -0.39 is 0 Å². The predicted octanol–water partition coefficient (Wildman–Crippen LogP) is 2.56. The molecule has 0 atom stereocenters. The summed E-state index contributed by atoms with van der Waals surface area (Å²) in [4.78, 5) is 23.0. The van der Waals surface area contributed by atoms with E-state index in [0.717, 1.165) is 15.8 Å². The zero-order chi connectivity index (χ0) is 11.5. The van der Waals surface area contributed by atoms with E-state index in [1.807, 2.05) is 6.07 Å². The van der Waals surface area contributed by atoms with Gasteiger partial charge in [0.15, 0.2) is 5.78 Å². The summed E-state index contributed by atoms with van der Waals surface area (Å²) in [5, 5.41) is 1.68. The van der Waals surface area contributed by atoms with Gasteiger partial charge in [-0.2, -0.15) is 0 Å². The first kappa shape index (κ1) is 11.3. The molecule has 3 nitrogen and oxygen atoms in total. The van der Waals surface area contributed by atoms with E-state index in [1.165, 1.54) is 4.57 Å². The standard InChI is InChI=1S/C11H8BrNO2S/c12-9-3-1-2-8(6-9)10(14)7-13-4-5-16-11(13)15/h1-6H,7H2. The van der Waals surface area contributed by atoms with Crippen LogP contribution in [0.25, 0.3) is 0 Å². The van der Waals surface area contributed by atoms with Crippen molar-refractivity contribution in [2.24, 2.45) is 0 Å². The molecule has 16 heavy (non-hydrogen) atoms. The normalized spacial score (nSPS) is 10.3. The number of aromatic nitrogens is 1. The summed E-state index contributed by atoms with van der Waals surface area (Å²) in [7, 11) is 0. The summed E-state index contributed by atoms with van der Waals surface area (Å²) in [6.45, 7) is 0.0960. The van der Waals surface area contributed by atoms with Crippen LogP contribution in [0.15, 0.2) is 45.1 Å². The number of carbonyl (C=O) groups is 1. The summed E-state index contributed by atoms with van der Waals surface area (Å²) >= 11 is 4.39. The van der Waals surface area contributed by atoms with Crippen molar-refractivity contribution < 1.29 is 4.79 Å². The zero-order valence-electron chi connectivity index (χ0n) is 8.22. The highest BCUT2D eigenvalue weighted by atomic mass is 79.9. The van der Waals surface area contributed by atoms with Crippen LogP contribution < -0.4 is 4.87 Å². The summed E-state index contributed by atoms with van der Waals surface area (Å²) in [6.07, 6.45) is 1.63. The summed E-state index contributed by atoms with van der Waals surface area (Å²) in [6, 6.07) is 7.14. The molecule has 82 valence electrons. The number of nitrogens with zero attached hydrogens (tertiary/aromatic N) is 1. The number of ketones is 1. The number of thiazole rings is 1. The van der Waals surface area contributed by atoms with Gasteiger partial charge in [0.25, 0.3) is 0 Å². The highest BCUT2D eigenvalue weighted by Crippen LogP contribution is 2.12. The average molecular weight is 298 g/mol. The number of carbonyl (C=O) groups excluding carboxylic acids is 1. The fraction of sp³-hybridized carbons (Fsp3) is 0.0909.